The van der Waals surface area contributed by atoms with Crippen molar-refractivity contribution in [3.8, 4) is 86.4 Å². The minimum absolute atomic E-state index is 0.308. The maximum atomic E-state index is 5.55. The Labute approximate surface area is 264 Å². The lowest BCUT2D eigenvalue weighted by Crippen LogP contribution is -1.94. The molecule has 4 aliphatic rings. The van der Waals surface area contributed by atoms with Gasteiger partial charge in [0.1, 0.15) is 0 Å². The summed E-state index contributed by atoms with van der Waals surface area (Å²) >= 11 is 8.30. The molecule has 8 nitrogen and oxygen atoms in total. The topological polar surface area (TPSA) is 73.8 Å². The fraction of sp³-hybridized carbons (Fsp3) is 0.133. The molecule has 0 aliphatic carbocycles. The number of benzene rings is 1. The Morgan fingerprint density at radius 3 is 1.07 bits per heavy atom. The predicted molar refractivity (Wildman–Crippen MR) is 169 cm³/mol. The lowest BCUT2D eigenvalue weighted by molar-refractivity contribution is 0.174. The van der Waals surface area contributed by atoms with E-state index in [1.165, 1.54) is 9.75 Å². The molecule has 0 unspecified atom stereocenters. The molecule has 13 heteroatoms. The Morgan fingerprint density at radius 2 is 0.698 bits per heavy atom. The zero-order chi connectivity index (χ0) is 28.3. The van der Waals surface area contributed by atoms with Gasteiger partial charge in [0, 0.05) is 31.3 Å². The molecule has 43 heavy (non-hydrogen) atoms. The normalized spacial score (nSPS) is 14.7. The van der Waals surface area contributed by atoms with Gasteiger partial charge in [-0.1, -0.05) is 24.3 Å². The third-order valence-electron chi connectivity index (χ3n) is 6.99. The third kappa shape index (κ3) is 4.33. The highest BCUT2D eigenvalue weighted by atomic mass is 32.1. The summed E-state index contributed by atoms with van der Waals surface area (Å²) in [6, 6.07) is 12.7. The van der Waals surface area contributed by atoms with E-state index in [1.807, 2.05) is 21.5 Å². The SMILES string of the molecule is c1cc(-c2scc3c2OCO3)ccc1-c1scc2c1OCO2.c1cc(-c2scc3c2OCO3)sc1-c1scc2c1OCO2. The predicted octanol–water partition coefficient (Wildman–Crippen LogP) is 9.26. The van der Waals surface area contributed by atoms with Crippen LogP contribution in [0.25, 0.3) is 40.4 Å². The molecule has 0 bridgehead atoms. The van der Waals surface area contributed by atoms with E-state index in [0.29, 0.717) is 27.2 Å². The Morgan fingerprint density at radius 1 is 0.372 bits per heavy atom. The first-order valence-electron chi connectivity index (χ1n) is 13.0. The van der Waals surface area contributed by atoms with Gasteiger partial charge in [0.05, 0.1) is 19.5 Å². The summed E-state index contributed by atoms with van der Waals surface area (Å²) in [7, 11) is 0. The number of hydrogen-bond acceptors (Lipinski definition) is 13. The van der Waals surface area contributed by atoms with Crippen molar-refractivity contribution in [2.45, 2.75) is 0 Å². The Hall–Kier alpha value is -3.88. The molecule has 0 radical (unpaired) electrons. The molecular formula is C30H18O8S5. The number of rotatable bonds is 4. The summed E-state index contributed by atoms with van der Waals surface area (Å²) < 4.78 is 43.8. The zero-order valence-electron chi connectivity index (χ0n) is 21.9. The summed E-state index contributed by atoms with van der Waals surface area (Å²) in [5, 5.41) is 7.97. The molecule has 216 valence electrons. The second kappa shape index (κ2) is 10.4. The number of ether oxygens (including phenoxy) is 8. The lowest BCUT2D eigenvalue weighted by Gasteiger charge is -2.04. The fourth-order valence-electron chi connectivity index (χ4n) is 4.97. The van der Waals surface area contributed by atoms with Gasteiger partial charge >= 0.3 is 0 Å². The van der Waals surface area contributed by atoms with E-state index >= 15 is 0 Å². The average molecular weight is 667 g/mol. The molecule has 0 spiro atoms. The molecule has 0 amide bonds. The molecule has 6 aromatic rings. The Balaban J connectivity index is 0.000000121. The minimum atomic E-state index is 0.308. The van der Waals surface area contributed by atoms with Gasteiger partial charge in [-0.15, -0.1) is 56.7 Å². The molecule has 4 aliphatic heterocycles. The second-order valence-electron chi connectivity index (χ2n) is 9.40. The molecular weight excluding hydrogens is 649 g/mol. The van der Waals surface area contributed by atoms with Crippen LogP contribution >= 0.6 is 56.7 Å². The monoisotopic (exact) mass is 666 g/mol. The molecule has 9 heterocycles. The van der Waals surface area contributed by atoms with Crippen LogP contribution in [0.1, 0.15) is 0 Å². The molecule has 5 aromatic heterocycles. The first-order chi connectivity index (χ1) is 21.3. The van der Waals surface area contributed by atoms with Crippen molar-refractivity contribution in [3.63, 3.8) is 0 Å². The molecule has 0 fully saturated rings. The van der Waals surface area contributed by atoms with E-state index in [0.717, 1.165) is 76.6 Å². The van der Waals surface area contributed by atoms with Gasteiger partial charge in [0.2, 0.25) is 27.2 Å². The van der Waals surface area contributed by atoms with Crippen LogP contribution in [0.15, 0.2) is 57.9 Å². The van der Waals surface area contributed by atoms with Crippen molar-refractivity contribution in [2.75, 3.05) is 27.2 Å². The van der Waals surface area contributed by atoms with Crippen molar-refractivity contribution in [3.05, 3.63) is 57.9 Å². The highest BCUT2D eigenvalue weighted by Gasteiger charge is 2.26. The molecule has 0 saturated carbocycles. The van der Waals surface area contributed by atoms with Crippen molar-refractivity contribution < 1.29 is 37.9 Å². The summed E-state index contributed by atoms with van der Waals surface area (Å²) in [5.41, 5.74) is 2.26. The van der Waals surface area contributed by atoms with Crippen LogP contribution in [0.4, 0.5) is 0 Å². The van der Waals surface area contributed by atoms with E-state index in [9.17, 15) is 0 Å². The first-order valence-corrected chi connectivity index (χ1v) is 17.3. The van der Waals surface area contributed by atoms with E-state index in [1.54, 1.807) is 56.7 Å². The first kappa shape index (κ1) is 25.6. The standard InChI is InChI=1S/C16H10O4S2.C14H8O4S3/c1-2-10(16-14-12(6-22-16)18-8-20-14)4-3-9(1)15-13-11(5-21-15)17-7-19-13;1-2-10(14-12-8(4-20-14)16-6-18-12)21-9(1)13-11-7(3-19-13)15-5-17-11/h1-6H,7-8H2;1-4H,5-6H2. The summed E-state index contributed by atoms with van der Waals surface area (Å²) in [6.45, 7) is 1.24. The van der Waals surface area contributed by atoms with Gasteiger partial charge in [0.15, 0.2) is 46.0 Å². The number of thiophene rings is 5. The van der Waals surface area contributed by atoms with Gasteiger partial charge in [-0.2, -0.15) is 0 Å². The van der Waals surface area contributed by atoms with Crippen LogP contribution < -0.4 is 37.9 Å². The number of hydrogen-bond donors (Lipinski definition) is 0. The van der Waals surface area contributed by atoms with E-state index in [2.05, 4.69) is 36.4 Å². The number of fused-ring (bicyclic) bond motifs is 4. The second-order valence-corrected chi connectivity index (χ2v) is 14.0. The van der Waals surface area contributed by atoms with Gasteiger partial charge in [0.25, 0.3) is 0 Å². The van der Waals surface area contributed by atoms with E-state index in [4.69, 9.17) is 37.9 Å². The minimum Gasteiger partial charge on any atom is -0.453 e. The average Bonchev–Trinajstić information content (AvgIpc) is 3.85. The largest absolute Gasteiger partial charge is 0.453 e. The van der Waals surface area contributed by atoms with Gasteiger partial charge in [-0.25, -0.2) is 0 Å². The van der Waals surface area contributed by atoms with E-state index in [-0.39, 0.29) is 0 Å². The van der Waals surface area contributed by atoms with Crippen LogP contribution in [0, 0.1) is 0 Å². The fourth-order valence-corrected chi connectivity index (χ4v) is 9.97. The maximum absolute atomic E-state index is 5.55. The van der Waals surface area contributed by atoms with Crippen molar-refractivity contribution in [1.82, 2.24) is 0 Å². The summed E-state index contributed by atoms with van der Waals surface area (Å²) in [5.74, 6) is 6.81. The zero-order valence-corrected chi connectivity index (χ0v) is 26.0. The molecule has 1 aromatic carbocycles. The van der Waals surface area contributed by atoms with Crippen LogP contribution in [-0.2, 0) is 0 Å². The molecule has 0 saturated heterocycles. The highest BCUT2D eigenvalue weighted by molar-refractivity contribution is 7.26. The van der Waals surface area contributed by atoms with Crippen molar-refractivity contribution >= 4 is 56.7 Å². The van der Waals surface area contributed by atoms with E-state index < -0.39 is 0 Å². The van der Waals surface area contributed by atoms with Crippen LogP contribution in [0.2, 0.25) is 0 Å². The lowest BCUT2D eigenvalue weighted by atomic mass is 10.1. The third-order valence-corrected chi connectivity index (χ3v) is 12.3. The van der Waals surface area contributed by atoms with Gasteiger partial charge in [-0.3, -0.25) is 0 Å². The maximum Gasteiger partial charge on any atom is 0.231 e. The smallest absolute Gasteiger partial charge is 0.231 e. The van der Waals surface area contributed by atoms with Crippen molar-refractivity contribution in [1.29, 1.82) is 0 Å². The van der Waals surface area contributed by atoms with Crippen molar-refractivity contribution in [2.24, 2.45) is 0 Å². The van der Waals surface area contributed by atoms with Gasteiger partial charge < -0.3 is 37.9 Å². The van der Waals surface area contributed by atoms with Crippen LogP contribution in [0.3, 0.4) is 0 Å². The molecule has 0 N–H and O–H groups in total. The van der Waals surface area contributed by atoms with Crippen LogP contribution in [0.5, 0.6) is 46.0 Å². The van der Waals surface area contributed by atoms with Crippen LogP contribution in [-0.4, -0.2) is 27.2 Å². The summed E-state index contributed by atoms with van der Waals surface area (Å²) in [6.07, 6.45) is 0. The Bertz CT molecular complexity index is 1820. The molecule has 10 rings (SSSR count). The Kier molecular flexibility index (Phi) is 6.18. The molecule has 0 atom stereocenters. The highest BCUT2D eigenvalue weighted by Crippen LogP contribution is 2.53. The van der Waals surface area contributed by atoms with Gasteiger partial charge in [-0.05, 0) is 23.3 Å². The summed E-state index contributed by atoms with van der Waals surface area (Å²) in [4.78, 5) is 6.84. The quantitative estimate of drug-likeness (QED) is 0.184.